The summed E-state index contributed by atoms with van der Waals surface area (Å²) in [5, 5.41) is 4.10. The molecule has 6 nitrogen and oxygen atoms in total. The number of pyridine rings is 1. The number of ether oxygens (including phenoxy) is 2. The summed E-state index contributed by atoms with van der Waals surface area (Å²) in [5.41, 5.74) is 4.61. The van der Waals surface area contributed by atoms with Gasteiger partial charge in [-0.3, -0.25) is 9.78 Å². The number of methoxy groups -OCH3 is 2. The van der Waals surface area contributed by atoms with Gasteiger partial charge in [-0.05, 0) is 36.8 Å². The first kappa shape index (κ1) is 16.5. The largest absolute Gasteiger partial charge is 0.493 e. The van der Waals surface area contributed by atoms with Crippen molar-refractivity contribution in [3.05, 3.63) is 53.9 Å². The molecule has 1 heterocycles. The number of carbonyl (C=O) groups excluding carboxylic acids is 1. The van der Waals surface area contributed by atoms with Crippen molar-refractivity contribution in [2.45, 2.75) is 13.3 Å². The van der Waals surface area contributed by atoms with E-state index < -0.39 is 0 Å². The first-order chi connectivity index (χ1) is 11.1. The Labute approximate surface area is 135 Å². The molecule has 1 aromatic carbocycles. The minimum atomic E-state index is -0.336. The van der Waals surface area contributed by atoms with Crippen LogP contribution in [0, 0.1) is 0 Å². The van der Waals surface area contributed by atoms with Gasteiger partial charge in [0.05, 0.1) is 14.2 Å². The van der Waals surface area contributed by atoms with Gasteiger partial charge in [-0.15, -0.1) is 0 Å². The topological polar surface area (TPSA) is 72.8 Å². The Bertz CT molecular complexity index is 699. The van der Waals surface area contributed by atoms with Gasteiger partial charge in [0.25, 0.3) is 5.91 Å². The number of nitrogens with zero attached hydrogens (tertiary/aromatic N) is 2. The molecule has 0 bridgehead atoms. The van der Waals surface area contributed by atoms with Crippen molar-refractivity contribution < 1.29 is 14.3 Å². The monoisotopic (exact) mass is 313 g/mol. The Kier molecular flexibility index (Phi) is 5.68. The number of nitrogens with one attached hydrogen (secondary N) is 1. The lowest BCUT2D eigenvalue weighted by Gasteiger charge is -2.09. The second-order valence-corrected chi connectivity index (χ2v) is 4.87. The SMILES string of the molecule is COc1ccc(C/C(C)=N\NC(=O)c2ccccn2)cc1OC. The summed E-state index contributed by atoms with van der Waals surface area (Å²) in [7, 11) is 3.19. The lowest BCUT2D eigenvalue weighted by atomic mass is 10.1. The first-order valence-electron chi connectivity index (χ1n) is 7.09. The van der Waals surface area contributed by atoms with Crippen LogP contribution < -0.4 is 14.9 Å². The fraction of sp³-hybridized carbons (Fsp3) is 0.235. The smallest absolute Gasteiger partial charge is 0.289 e. The minimum absolute atomic E-state index is 0.329. The van der Waals surface area contributed by atoms with E-state index in [0.29, 0.717) is 23.6 Å². The Hall–Kier alpha value is -2.89. The average molecular weight is 313 g/mol. The van der Waals surface area contributed by atoms with Gasteiger partial charge in [0, 0.05) is 18.3 Å². The van der Waals surface area contributed by atoms with E-state index in [0.717, 1.165) is 11.3 Å². The van der Waals surface area contributed by atoms with E-state index in [-0.39, 0.29) is 5.91 Å². The third-order valence-corrected chi connectivity index (χ3v) is 3.15. The van der Waals surface area contributed by atoms with E-state index in [1.807, 2.05) is 25.1 Å². The Balaban J connectivity index is 2.01. The van der Waals surface area contributed by atoms with Crippen LogP contribution in [0.4, 0.5) is 0 Å². The molecule has 0 aliphatic rings. The van der Waals surface area contributed by atoms with Gasteiger partial charge < -0.3 is 9.47 Å². The zero-order valence-corrected chi connectivity index (χ0v) is 13.4. The number of aromatic nitrogens is 1. The molecule has 0 aliphatic carbocycles. The third-order valence-electron chi connectivity index (χ3n) is 3.15. The van der Waals surface area contributed by atoms with Crippen LogP contribution in [0.3, 0.4) is 0 Å². The second kappa shape index (κ2) is 7.93. The number of hydrogen-bond acceptors (Lipinski definition) is 5. The van der Waals surface area contributed by atoms with Crippen LogP contribution in [0.15, 0.2) is 47.7 Å². The van der Waals surface area contributed by atoms with E-state index in [4.69, 9.17) is 9.47 Å². The molecule has 0 spiro atoms. The van der Waals surface area contributed by atoms with Crippen LogP contribution >= 0.6 is 0 Å². The fourth-order valence-corrected chi connectivity index (χ4v) is 2.03. The number of rotatable bonds is 6. The molecule has 120 valence electrons. The van der Waals surface area contributed by atoms with E-state index >= 15 is 0 Å². The van der Waals surface area contributed by atoms with Crippen LogP contribution in [0.25, 0.3) is 0 Å². The second-order valence-electron chi connectivity index (χ2n) is 4.87. The molecule has 0 saturated heterocycles. The van der Waals surface area contributed by atoms with Gasteiger partial charge in [0.2, 0.25) is 0 Å². The number of carbonyl (C=O) groups is 1. The van der Waals surface area contributed by atoms with Gasteiger partial charge >= 0.3 is 0 Å². The molecule has 23 heavy (non-hydrogen) atoms. The maximum Gasteiger partial charge on any atom is 0.289 e. The van der Waals surface area contributed by atoms with Crippen molar-refractivity contribution in [1.29, 1.82) is 0 Å². The highest BCUT2D eigenvalue weighted by molar-refractivity contribution is 5.93. The molecule has 1 amide bonds. The summed E-state index contributed by atoms with van der Waals surface area (Å²) < 4.78 is 10.5. The summed E-state index contributed by atoms with van der Waals surface area (Å²) >= 11 is 0. The average Bonchev–Trinajstić information content (AvgIpc) is 2.60. The molecule has 0 atom stereocenters. The molecule has 0 aliphatic heterocycles. The highest BCUT2D eigenvalue weighted by Crippen LogP contribution is 2.27. The highest BCUT2D eigenvalue weighted by Gasteiger charge is 2.07. The van der Waals surface area contributed by atoms with E-state index in [2.05, 4.69) is 15.5 Å². The number of hydrazone groups is 1. The summed E-state index contributed by atoms with van der Waals surface area (Å²) in [6, 6.07) is 10.8. The lowest BCUT2D eigenvalue weighted by Crippen LogP contribution is -2.20. The van der Waals surface area contributed by atoms with E-state index in [9.17, 15) is 4.79 Å². The zero-order valence-electron chi connectivity index (χ0n) is 13.4. The molecular formula is C17H19N3O3. The van der Waals surface area contributed by atoms with E-state index in [1.165, 1.54) is 0 Å². The number of benzene rings is 1. The van der Waals surface area contributed by atoms with Crippen LogP contribution in [-0.2, 0) is 6.42 Å². The molecule has 0 fully saturated rings. The standard InChI is InChI=1S/C17H19N3O3/c1-12(19-20-17(21)14-6-4-5-9-18-14)10-13-7-8-15(22-2)16(11-13)23-3/h4-9,11H,10H2,1-3H3,(H,20,21)/b19-12-. The Morgan fingerprint density at radius 3 is 2.61 bits per heavy atom. The quantitative estimate of drug-likeness (QED) is 0.657. The number of amides is 1. The van der Waals surface area contributed by atoms with Crippen LogP contribution in [-0.4, -0.2) is 30.8 Å². The maximum atomic E-state index is 11.9. The van der Waals surface area contributed by atoms with Gasteiger partial charge in [0.15, 0.2) is 11.5 Å². The number of hydrogen-bond donors (Lipinski definition) is 1. The van der Waals surface area contributed by atoms with Crippen LogP contribution in [0.1, 0.15) is 23.0 Å². The van der Waals surface area contributed by atoms with Crippen molar-refractivity contribution in [2.24, 2.45) is 5.10 Å². The van der Waals surface area contributed by atoms with Crippen molar-refractivity contribution in [3.8, 4) is 11.5 Å². The molecule has 0 radical (unpaired) electrons. The van der Waals surface area contributed by atoms with Gasteiger partial charge in [-0.25, -0.2) is 5.43 Å². The van der Waals surface area contributed by atoms with E-state index in [1.54, 1.807) is 38.6 Å². The minimum Gasteiger partial charge on any atom is -0.493 e. The van der Waals surface area contributed by atoms with Gasteiger partial charge in [-0.1, -0.05) is 12.1 Å². The van der Waals surface area contributed by atoms with Crippen LogP contribution in [0.5, 0.6) is 11.5 Å². The summed E-state index contributed by atoms with van der Waals surface area (Å²) in [4.78, 5) is 15.8. The van der Waals surface area contributed by atoms with Crippen molar-refractivity contribution in [2.75, 3.05) is 14.2 Å². The highest BCUT2D eigenvalue weighted by atomic mass is 16.5. The normalized spacial score (nSPS) is 11.0. The molecule has 1 aromatic heterocycles. The summed E-state index contributed by atoms with van der Waals surface area (Å²) in [6.45, 7) is 1.84. The Morgan fingerprint density at radius 2 is 1.96 bits per heavy atom. The zero-order chi connectivity index (χ0) is 16.7. The van der Waals surface area contributed by atoms with Gasteiger partial charge in [-0.2, -0.15) is 5.10 Å². The first-order valence-corrected chi connectivity index (χ1v) is 7.09. The molecule has 2 rings (SSSR count). The predicted molar refractivity (Wildman–Crippen MR) is 88.1 cm³/mol. The van der Waals surface area contributed by atoms with Gasteiger partial charge in [0.1, 0.15) is 5.69 Å². The van der Waals surface area contributed by atoms with Crippen molar-refractivity contribution in [1.82, 2.24) is 10.4 Å². The lowest BCUT2D eigenvalue weighted by molar-refractivity contribution is 0.0949. The predicted octanol–water partition coefficient (Wildman–Crippen LogP) is 2.45. The van der Waals surface area contributed by atoms with Crippen LogP contribution in [0.2, 0.25) is 0 Å². The maximum absolute atomic E-state index is 11.9. The van der Waals surface area contributed by atoms with Crippen molar-refractivity contribution in [3.63, 3.8) is 0 Å². The molecule has 1 N–H and O–H groups in total. The molecular weight excluding hydrogens is 294 g/mol. The Morgan fingerprint density at radius 1 is 1.17 bits per heavy atom. The molecule has 0 saturated carbocycles. The van der Waals surface area contributed by atoms with Crippen molar-refractivity contribution >= 4 is 11.6 Å². The molecule has 0 unspecified atom stereocenters. The molecule has 2 aromatic rings. The summed E-state index contributed by atoms with van der Waals surface area (Å²) in [6.07, 6.45) is 2.15. The molecule has 6 heteroatoms. The third kappa shape index (κ3) is 4.54. The fourth-order valence-electron chi connectivity index (χ4n) is 2.03. The summed E-state index contributed by atoms with van der Waals surface area (Å²) in [5.74, 6) is 1.00.